The lowest BCUT2D eigenvalue weighted by molar-refractivity contribution is 0.859. The molecule has 0 spiro atoms. The van der Waals surface area contributed by atoms with E-state index in [0.29, 0.717) is 5.92 Å². The first kappa shape index (κ1) is 8.48. The summed E-state index contributed by atoms with van der Waals surface area (Å²) in [4.78, 5) is 18.8. The number of aromatic nitrogens is 2. The third kappa shape index (κ3) is 1.50. The van der Waals surface area contributed by atoms with Crippen molar-refractivity contribution in [3.05, 3.63) is 27.4 Å². The van der Waals surface area contributed by atoms with Gasteiger partial charge in [0, 0.05) is 17.7 Å². The minimum Gasteiger partial charge on any atom is -0.310 e. The van der Waals surface area contributed by atoms with Crippen LogP contribution in [0.15, 0.2) is 4.79 Å². The zero-order valence-corrected chi connectivity index (χ0v) is 8.05. The van der Waals surface area contributed by atoms with Crippen LogP contribution in [0, 0.1) is 6.92 Å². The number of hydrogen-bond donors (Lipinski definition) is 1. The molecule has 0 atom stereocenters. The molecule has 1 heterocycles. The lowest BCUT2D eigenvalue weighted by Gasteiger charge is -2.03. The Morgan fingerprint density at radius 2 is 2.23 bits per heavy atom. The van der Waals surface area contributed by atoms with Crippen molar-refractivity contribution in [1.82, 2.24) is 9.97 Å². The minimum absolute atomic E-state index is 0.0758. The molecule has 0 saturated heterocycles. The average molecular weight is 178 g/mol. The van der Waals surface area contributed by atoms with E-state index in [1.165, 1.54) is 0 Å². The molecule has 1 aliphatic rings. The van der Waals surface area contributed by atoms with Gasteiger partial charge in [0.15, 0.2) is 0 Å². The standard InChI is InChI=1S/C10H14N2O/c1-3-8-11-6(2)9(7-4-5-7)10(13)12-8/h7H,3-5H2,1-2H3,(H,11,12,13). The maximum absolute atomic E-state index is 11.6. The molecular weight excluding hydrogens is 164 g/mol. The smallest absolute Gasteiger partial charge is 0.254 e. The van der Waals surface area contributed by atoms with Gasteiger partial charge in [-0.15, -0.1) is 0 Å². The monoisotopic (exact) mass is 178 g/mol. The van der Waals surface area contributed by atoms with E-state index in [-0.39, 0.29) is 5.56 Å². The third-order valence-corrected chi connectivity index (χ3v) is 2.52. The van der Waals surface area contributed by atoms with Crippen LogP contribution in [0.5, 0.6) is 0 Å². The Balaban J connectivity index is 2.51. The summed E-state index contributed by atoms with van der Waals surface area (Å²) in [5.41, 5.74) is 1.91. The summed E-state index contributed by atoms with van der Waals surface area (Å²) in [6.45, 7) is 3.93. The van der Waals surface area contributed by atoms with Gasteiger partial charge in [-0.3, -0.25) is 4.79 Å². The first-order valence-electron chi connectivity index (χ1n) is 4.82. The Hall–Kier alpha value is -1.12. The van der Waals surface area contributed by atoms with Gasteiger partial charge in [0.25, 0.3) is 5.56 Å². The van der Waals surface area contributed by atoms with Gasteiger partial charge in [-0.1, -0.05) is 6.92 Å². The molecule has 70 valence electrons. The molecule has 1 aromatic heterocycles. The number of nitrogens with zero attached hydrogens (tertiary/aromatic N) is 1. The average Bonchev–Trinajstić information content (AvgIpc) is 2.87. The number of nitrogens with one attached hydrogen (secondary N) is 1. The second kappa shape index (κ2) is 2.98. The number of aromatic amines is 1. The van der Waals surface area contributed by atoms with Gasteiger partial charge >= 0.3 is 0 Å². The van der Waals surface area contributed by atoms with Crippen LogP contribution in [-0.4, -0.2) is 9.97 Å². The van der Waals surface area contributed by atoms with Gasteiger partial charge in [-0.2, -0.15) is 0 Å². The molecule has 0 radical (unpaired) electrons. The fraction of sp³-hybridized carbons (Fsp3) is 0.600. The van der Waals surface area contributed by atoms with Crippen molar-refractivity contribution in [2.75, 3.05) is 0 Å². The zero-order chi connectivity index (χ0) is 9.42. The fourth-order valence-corrected chi connectivity index (χ4v) is 1.67. The summed E-state index contributed by atoms with van der Waals surface area (Å²) in [5.74, 6) is 1.29. The summed E-state index contributed by atoms with van der Waals surface area (Å²) in [6.07, 6.45) is 3.09. The van der Waals surface area contributed by atoms with Gasteiger partial charge in [0.05, 0.1) is 0 Å². The van der Waals surface area contributed by atoms with Crippen LogP contribution in [0.25, 0.3) is 0 Å². The number of hydrogen-bond acceptors (Lipinski definition) is 2. The van der Waals surface area contributed by atoms with Crippen LogP contribution in [0.3, 0.4) is 0 Å². The third-order valence-electron chi connectivity index (χ3n) is 2.52. The van der Waals surface area contributed by atoms with Crippen molar-refractivity contribution in [2.45, 2.75) is 39.0 Å². The Bertz CT molecular complexity index is 377. The Morgan fingerprint density at radius 1 is 1.54 bits per heavy atom. The Kier molecular flexibility index (Phi) is 1.94. The molecule has 3 heteroatoms. The van der Waals surface area contributed by atoms with Crippen molar-refractivity contribution >= 4 is 0 Å². The highest BCUT2D eigenvalue weighted by molar-refractivity contribution is 5.25. The Morgan fingerprint density at radius 3 is 2.69 bits per heavy atom. The van der Waals surface area contributed by atoms with E-state index < -0.39 is 0 Å². The van der Waals surface area contributed by atoms with E-state index in [0.717, 1.165) is 36.3 Å². The van der Waals surface area contributed by atoms with E-state index in [2.05, 4.69) is 9.97 Å². The number of H-pyrrole nitrogens is 1. The molecule has 2 rings (SSSR count). The second-order valence-corrected chi connectivity index (χ2v) is 3.64. The van der Waals surface area contributed by atoms with Crippen LogP contribution in [-0.2, 0) is 6.42 Å². The quantitative estimate of drug-likeness (QED) is 0.746. The van der Waals surface area contributed by atoms with Gasteiger partial charge in [-0.05, 0) is 25.7 Å². The van der Waals surface area contributed by atoms with Gasteiger partial charge in [0.2, 0.25) is 0 Å². The number of rotatable bonds is 2. The molecule has 0 aliphatic heterocycles. The topological polar surface area (TPSA) is 45.8 Å². The predicted molar refractivity (Wildman–Crippen MR) is 50.9 cm³/mol. The van der Waals surface area contributed by atoms with Crippen LogP contribution in [0.2, 0.25) is 0 Å². The molecule has 0 amide bonds. The van der Waals surface area contributed by atoms with Crippen LogP contribution in [0.1, 0.15) is 42.8 Å². The second-order valence-electron chi connectivity index (χ2n) is 3.64. The molecule has 0 aromatic carbocycles. The molecule has 1 N–H and O–H groups in total. The lowest BCUT2D eigenvalue weighted by Crippen LogP contribution is -2.17. The van der Waals surface area contributed by atoms with E-state index in [1.54, 1.807) is 0 Å². The summed E-state index contributed by atoms with van der Waals surface area (Å²) >= 11 is 0. The SMILES string of the molecule is CCc1nc(C)c(C2CC2)c(=O)[nH]1. The van der Waals surface area contributed by atoms with Crippen LogP contribution < -0.4 is 5.56 Å². The summed E-state index contributed by atoms with van der Waals surface area (Å²) in [7, 11) is 0. The van der Waals surface area contributed by atoms with E-state index in [1.807, 2.05) is 13.8 Å². The van der Waals surface area contributed by atoms with Crippen molar-refractivity contribution in [2.24, 2.45) is 0 Å². The van der Waals surface area contributed by atoms with E-state index in [4.69, 9.17) is 0 Å². The van der Waals surface area contributed by atoms with Crippen molar-refractivity contribution < 1.29 is 0 Å². The summed E-state index contributed by atoms with van der Waals surface area (Å²) < 4.78 is 0. The minimum atomic E-state index is 0.0758. The highest BCUT2D eigenvalue weighted by atomic mass is 16.1. The molecular formula is C10H14N2O. The summed E-state index contributed by atoms with van der Waals surface area (Å²) in [6, 6.07) is 0. The number of aryl methyl sites for hydroxylation is 2. The van der Waals surface area contributed by atoms with Crippen molar-refractivity contribution in [1.29, 1.82) is 0 Å². The predicted octanol–water partition coefficient (Wildman–Crippen LogP) is 1.52. The maximum Gasteiger partial charge on any atom is 0.254 e. The fourth-order valence-electron chi connectivity index (χ4n) is 1.67. The van der Waals surface area contributed by atoms with Crippen molar-refractivity contribution in [3.63, 3.8) is 0 Å². The summed E-state index contributed by atoms with van der Waals surface area (Å²) in [5, 5.41) is 0. The molecule has 1 aliphatic carbocycles. The molecule has 0 unspecified atom stereocenters. The zero-order valence-electron chi connectivity index (χ0n) is 8.05. The lowest BCUT2D eigenvalue weighted by atomic mass is 10.1. The normalized spacial score (nSPS) is 16.2. The molecule has 1 fully saturated rings. The van der Waals surface area contributed by atoms with Gasteiger partial charge in [-0.25, -0.2) is 4.98 Å². The van der Waals surface area contributed by atoms with Gasteiger partial charge in [0.1, 0.15) is 5.82 Å². The molecule has 13 heavy (non-hydrogen) atoms. The molecule has 1 aromatic rings. The van der Waals surface area contributed by atoms with Crippen LogP contribution >= 0.6 is 0 Å². The maximum atomic E-state index is 11.6. The highest BCUT2D eigenvalue weighted by Crippen LogP contribution is 2.39. The van der Waals surface area contributed by atoms with Crippen molar-refractivity contribution in [3.8, 4) is 0 Å². The van der Waals surface area contributed by atoms with E-state index in [9.17, 15) is 4.79 Å². The van der Waals surface area contributed by atoms with Crippen LogP contribution in [0.4, 0.5) is 0 Å². The van der Waals surface area contributed by atoms with Gasteiger partial charge < -0.3 is 4.98 Å². The molecule has 0 bridgehead atoms. The first-order valence-corrected chi connectivity index (χ1v) is 4.82. The van der Waals surface area contributed by atoms with E-state index >= 15 is 0 Å². The Labute approximate surface area is 77.2 Å². The molecule has 1 saturated carbocycles. The molecule has 3 nitrogen and oxygen atoms in total. The largest absolute Gasteiger partial charge is 0.310 e. The highest BCUT2D eigenvalue weighted by Gasteiger charge is 2.28. The first-order chi connectivity index (χ1) is 6.22.